The van der Waals surface area contributed by atoms with E-state index in [1.165, 1.54) is 45.7 Å². The van der Waals surface area contributed by atoms with E-state index >= 15 is 0 Å². The molecule has 0 saturated heterocycles. The molecule has 3 heterocycles. The molecule has 0 aliphatic heterocycles. The summed E-state index contributed by atoms with van der Waals surface area (Å²) in [6.07, 6.45) is -3.03. The van der Waals surface area contributed by atoms with E-state index in [0.29, 0.717) is 5.69 Å². The molecule has 0 saturated carbocycles. The predicted molar refractivity (Wildman–Crippen MR) is 133 cm³/mol. The number of rotatable bonds is 11. The molecule has 0 amide bonds. The van der Waals surface area contributed by atoms with Gasteiger partial charge >= 0.3 is 6.18 Å². The molecule has 3 rings (SSSR count). The van der Waals surface area contributed by atoms with Gasteiger partial charge in [0.2, 0.25) is 21.9 Å². The minimum atomic E-state index is -5.01. The van der Waals surface area contributed by atoms with Crippen LogP contribution in [0.3, 0.4) is 0 Å². The number of halogens is 3. The minimum Gasteiger partial charge on any atom is -0.510 e. The highest BCUT2D eigenvalue weighted by molar-refractivity contribution is 7.93. The first-order valence-corrected chi connectivity index (χ1v) is 12.6. The van der Waals surface area contributed by atoms with Gasteiger partial charge in [-0.2, -0.15) is 13.2 Å². The van der Waals surface area contributed by atoms with Gasteiger partial charge < -0.3 is 14.6 Å². The second-order valence-corrected chi connectivity index (χ2v) is 10.2. The van der Waals surface area contributed by atoms with E-state index in [1.807, 2.05) is 0 Å². The van der Waals surface area contributed by atoms with Crippen molar-refractivity contribution in [2.24, 2.45) is 0 Å². The maximum Gasteiger partial charge on any atom is 0.432 e. The molecule has 0 aliphatic carbocycles. The Balaban J connectivity index is 2.02. The first kappa shape index (κ1) is 29.4. The zero-order valence-electron chi connectivity index (χ0n) is 21.1. The van der Waals surface area contributed by atoms with E-state index in [0.717, 1.165) is 4.57 Å². The summed E-state index contributed by atoms with van der Waals surface area (Å²) in [6, 6.07) is 4.54. The van der Waals surface area contributed by atoms with Gasteiger partial charge in [0.15, 0.2) is 5.82 Å². The van der Waals surface area contributed by atoms with Crippen molar-refractivity contribution in [2.45, 2.75) is 37.9 Å². The highest BCUT2D eigenvalue weighted by Crippen LogP contribution is 2.27. The van der Waals surface area contributed by atoms with Gasteiger partial charge in [-0.05, 0) is 19.9 Å². The van der Waals surface area contributed by atoms with Crippen LogP contribution < -0.4 is 9.46 Å². The standard InChI is InChI=1S/C22H25F3N8O5S/c1-12-9-28-16(10-27-12)19(38-4)13(2)39(35,36)32-21-31-30-20(15-6-5-7-18(29-15)37-3)33(21)11-14(34)8-17(26)22(23,24)25/h5-10,13,19,26,34H,11H2,1-4H3,(H,31,32)/b14-8-,26-17?/t13-,19-/m0/s1. The molecule has 17 heteroatoms. The van der Waals surface area contributed by atoms with E-state index < -0.39 is 51.5 Å². The van der Waals surface area contributed by atoms with E-state index in [9.17, 15) is 26.7 Å². The van der Waals surface area contributed by atoms with Crippen molar-refractivity contribution in [1.82, 2.24) is 29.7 Å². The zero-order valence-corrected chi connectivity index (χ0v) is 21.9. The van der Waals surface area contributed by atoms with Crippen molar-refractivity contribution in [3.63, 3.8) is 0 Å². The average Bonchev–Trinajstić information content (AvgIpc) is 3.25. The number of methoxy groups -OCH3 is 2. The number of nitrogens with zero attached hydrogens (tertiary/aromatic N) is 6. The van der Waals surface area contributed by atoms with Gasteiger partial charge in [0.1, 0.15) is 28.5 Å². The highest BCUT2D eigenvalue weighted by atomic mass is 32.2. The molecule has 0 fully saturated rings. The largest absolute Gasteiger partial charge is 0.510 e. The Hall–Kier alpha value is -4.12. The normalized spacial score (nSPS) is 14.1. The fourth-order valence-electron chi connectivity index (χ4n) is 3.31. The minimum absolute atomic E-state index is 0.106. The Morgan fingerprint density at radius 2 is 1.95 bits per heavy atom. The number of alkyl halides is 3. The van der Waals surface area contributed by atoms with Crippen LogP contribution in [0.2, 0.25) is 0 Å². The molecule has 3 aromatic rings. The van der Waals surface area contributed by atoms with Gasteiger partial charge in [0.25, 0.3) is 0 Å². The van der Waals surface area contributed by atoms with Gasteiger partial charge in [0.05, 0.1) is 31.2 Å². The third-order valence-electron chi connectivity index (χ3n) is 5.34. The summed E-state index contributed by atoms with van der Waals surface area (Å²) < 4.78 is 78.8. The number of aryl methyl sites for hydroxylation is 1. The molecule has 13 nitrogen and oxygen atoms in total. The smallest absolute Gasteiger partial charge is 0.432 e. The van der Waals surface area contributed by atoms with Gasteiger partial charge in [-0.15, -0.1) is 10.2 Å². The molecule has 39 heavy (non-hydrogen) atoms. The highest BCUT2D eigenvalue weighted by Gasteiger charge is 2.35. The SMILES string of the molecule is COc1cccc(-c2nnc(NS(=O)(=O)[C@@H](C)[C@H](OC)c3cnc(C)cn3)n2C/C(O)=C/C(=N)C(F)(F)F)n1. The van der Waals surface area contributed by atoms with Gasteiger partial charge in [-0.3, -0.25) is 24.7 Å². The van der Waals surface area contributed by atoms with Crippen LogP contribution in [0, 0.1) is 12.3 Å². The third-order valence-corrected chi connectivity index (χ3v) is 7.04. The summed E-state index contributed by atoms with van der Waals surface area (Å²) >= 11 is 0. The molecule has 2 atom stereocenters. The molecule has 0 bridgehead atoms. The number of allylic oxidation sites excluding steroid dienone is 2. The molecule has 0 spiro atoms. The quantitative estimate of drug-likeness (QED) is 0.229. The number of ether oxygens (including phenoxy) is 2. The number of pyridine rings is 1. The summed E-state index contributed by atoms with van der Waals surface area (Å²) in [5.41, 5.74) is -0.841. The van der Waals surface area contributed by atoms with Crippen LogP contribution in [0.4, 0.5) is 19.1 Å². The number of hydrogen-bond acceptors (Lipinski definition) is 11. The summed E-state index contributed by atoms with van der Waals surface area (Å²) in [4.78, 5) is 12.5. The predicted octanol–water partition coefficient (Wildman–Crippen LogP) is 2.99. The van der Waals surface area contributed by atoms with E-state index in [-0.39, 0.29) is 29.2 Å². The molecular weight excluding hydrogens is 545 g/mol. The van der Waals surface area contributed by atoms with Crippen LogP contribution in [0.1, 0.15) is 24.4 Å². The van der Waals surface area contributed by atoms with Gasteiger partial charge in [-0.1, -0.05) is 6.07 Å². The second-order valence-electron chi connectivity index (χ2n) is 8.14. The lowest BCUT2D eigenvalue weighted by atomic mass is 10.2. The fraction of sp³-hybridized carbons (Fsp3) is 0.364. The van der Waals surface area contributed by atoms with Crippen molar-refractivity contribution in [1.29, 1.82) is 5.41 Å². The molecule has 0 unspecified atom stereocenters. The summed E-state index contributed by atoms with van der Waals surface area (Å²) in [5, 5.41) is 23.8. The molecule has 0 radical (unpaired) electrons. The number of hydrogen-bond donors (Lipinski definition) is 3. The number of aliphatic hydroxyl groups is 1. The molecule has 0 aliphatic rings. The molecule has 3 aromatic heterocycles. The number of sulfonamides is 1. The molecule has 3 N–H and O–H groups in total. The zero-order chi connectivity index (χ0) is 29.0. The van der Waals surface area contributed by atoms with Crippen molar-refractivity contribution in [3.8, 4) is 17.4 Å². The first-order chi connectivity index (χ1) is 18.3. The second kappa shape index (κ2) is 11.7. The van der Waals surface area contributed by atoms with Crippen molar-refractivity contribution in [2.75, 3.05) is 18.9 Å². The first-order valence-electron chi connectivity index (χ1n) is 11.1. The fourth-order valence-corrected chi connectivity index (χ4v) is 4.48. The van der Waals surface area contributed by atoms with Crippen LogP contribution >= 0.6 is 0 Å². The van der Waals surface area contributed by atoms with E-state index in [1.54, 1.807) is 13.0 Å². The van der Waals surface area contributed by atoms with Crippen LogP contribution in [0.15, 0.2) is 42.4 Å². The van der Waals surface area contributed by atoms with Crippen molar-refractivity contribution in [3.05, 3.63) is 53.8 Å². The molecular formula is C22H25F3N8O5S. The lowest BCUT2D eigenvalue weighted by Gasteiger charge is -2.22. The Labute approximate surface area is 221 Å². The summed E-state index contributed by atoms with van der Waals surface area (Å²) in [6.45, 7) is 2.33. The van der Waals surface area contributed by atoms with Crippen molar-refractivity contribution < 1.29 is 36.2 Å². The summed E-state index contributed by atoms with van der Waals surface area (Å²) in [5.74, 6) is -1.30. The number of aliphatic hydroxyl groups excluding tert-OH is 1. The molecule has 210 valence electrons. The lowest BCUT2D eigenvalue weighted by Crippen LogP contribution is -2.33. The Morgan fingerprint density at radius 1 is 1.23 bits per heavy atom. The Kier molecular flexibility index (Phi) is 8.85. The maximum atomic E-state index is 13.3. The maximum absolute atomic E-state index is 13.3. The third kappa shape index (κ3) is 7.05. The average molecular weight is 571 g/mol. The monoisotopic (exact) mass is 570 g/mol. The van der Waals surface area contributed by atoms with E-state index in [2.05, 4.69) is 29.9 Å². The Morgan fingerprint density at radius 3 is 2.54 bits per heavy atom. The van der Waals surface area contributed by atoms with Crippen LogP contribution in [0.5, 0.6) is 5.88 Å². The topological polar surface area (TPSA) is 178 Å². The van der Waals surface area contributed by atoms with Crippen molar-refractivity contribution >= 4 is 21.7 Å². The summed E-state index contributed by atoms with van der Waals surface area (Å²) in [7, 11) is -1.65. The van der Waals surface area contributed by atoms with Crippen LogP contribution in [-0.4, -0.2) is 74.6 Å². The van der Waals surface area contributed by atoms with Gasteiger partial charge in [0, 0.05) is 25.4 Å². The lowest BCUT2D eigenvalue weighted by molar-refractivity contribution is -0.0585. The molecule has 0 aromatic carbocycles. The van der Waals surface area contributed by atoms with Crippen LogP contribution in [0.25, 0.3) is 11.5 Å². The van der Waals surface area contributed by atoms with Crippen LogP contribution in [-0.2, 0) is 21.3 Å². The Bertz CT molecular complexity index is 1460. The number of nitrogens with one attached hydrogen (secondary N) is 2. The van der Waals surface area contributed by atoms with E-state index in [4.69, 9.17) is 14.9 Å². The number of anilines is 1. The van der Waals surface area contributed by atoms with Gasteiger partial charge in [-0.25, -0.2) is 13.4 Å². The number of aromatic nitrogens is 6.